The van der Waals surface area contributed by atoms with Gasteiger partial charge in [0.05, 0.1) is 6.54 Å². The van der Waals surface area contributed by atoms with Crippen LogP contribution in [-0.2, 0) is 6.54 Å². The van der Waals surface area contributed by atoms with Crippen LogP contribution in [-0.4, -0.2) is 3.96 Å². The van der Waals surface area contributed by atoms with Gasteiger partial charge in [-0.1, -0.05) is 41.9 Å². The van der Waals surface area contributed by atoms with Gasteiger partial charge in [-0.15, -0.1) is 0 Å². The van der Waals surface area contributed by atoms with Crippen molar-refractivity contribution in [1.82, 2.24) is 3.96 Å². The molecule has 2 aromatic rings. The first-order chi connectivity index (χ1) is 6.75. The standard InChI is InChI=1S/C10H8ClNOS/c11-9-6-10(13)14-12(9)7-8-4-2-1-3-5-8/h1-6H,7H2. The third-order valence-corrected chi connectivity index (χ3v) is 3.10. The molecule has 2 rings (SSSR count). The summed E-state index contributed by atoms with van der Waals surface area (Å²) in [7, 11) is 0. The minimum atomic E-state index is -0.00840. The van der Waals surface area contributed by atoms with Crippen molar-refractivity contribution in [3.8, 4) is 0 Å². The van der Waals surface area contributed by atoms with Crippen LogP contribution in [0.25, 0.3) is 0 Å². The summed E-state index contributed by atoms with van der Waals surface area (Å²) in [5.41, 5.74) is 1.14. The summed E-state index contributed by atoms with van der Waals surface area (Å²) >= 11 is 7.01. The molecule has 0 saturated heterocycles. The molecule has 0 bridgehead atoms. The molecular formula is C10H8ClNOS. The zero-order valence-corrected chi connectivity index (χ0v) is 8.89. The van der Waals surface area contributed by atoms with Gasteiger partial charge in [0.25, 0.3) is 4.74 Å². The highest BCUT2D eigenvalue weighted by atomic mass is 35.5. The van der Waals surface area contributed by atoms with Gasteiger partial charge in [0.2, 0.25) is 0 Å². The largest absolute Gasteiger partial charge is 0.280 e. The number of halogens is 1. The fraction of sp³-hybridized carbons (Fsp3) is 0.100. The van der Waals surface area contributed by atoms with E-state index in [2.05, 4.69) is 0 Å². The molecule has 1 aromatic carbocycles. The molecule has 72 valence electrons. The first-order valence-electron chi connectivity index (χ1n) is 4.16. The van der Waals surface area contributed by atoms with Crippen LogP contribution in [0.4, 0.5) is 0 Å². The Morgan fingerprint density at radius 2 is 2.00 bits per heavy atom. The lowest BCUT2D eigenvalue weighted by Crippen LogP contribution is -1.95. The molecular weight excluding hydrogens is 218 g/mol. The monoisotopic (exact) mass is 225 g/mol. The first kappa shape index (κ1) is 9.49. The predicted molar refractivity (Wildman–Crippen MR) is 59.1 cm³/mol. The Morgan fingerprint density at radius 1 is 1.29 bits per heavy atom. The van der Waals surface area contributed by atoms with Crippen LogP contribution in [0.15, 0.2) is 41.2 Å². The Kier molecular flexibility index (Phi) is 2.70. The number of aromatic nitrogens is 1. The highest BCUT2D eigenvalue weighted by Crippen LogP contribution is 2.12. The van der Waals surface area contributed by atoms with E-state index in [1.807, 2.05) is 30.3 Å². The van der Waals surface area contributed by atoms with Crippen molar-refractivity contribution in [3.05, 3.63) is 56.7 Å². The zero-order valence-electron chi connectivity index (χ0n) is 7.31. The summed E-state index contributed by atoms with van der Waals surface area (Å²) in [5, 5.41) is 0.504. The molecule has 1 heterocycles. The van der Waals surface area contributed by atoms with Gasteiger partial charge >= 0.3 is 0 Å². The average molecular weight is 226 g/mol. The van der Waals surface area contributed by atoms with Crippen molar-refractivity contribution in [3.63, 3.8) is 0 Å². The van der Waals surface area contributed by atoms with E-state index in [4.69, 9.17) is 11.6 Å². The molecule has 0 aliphatic rings. The Labute approximate surface area is 90.5 Å². The molecule has 0 spiro atoms. The number of hydrogen-bond acceptors (Lipinski definition) is 2. The van der Waals surface area contributed by atoms with Crippen LogP contribution in [0, 0.1) is 0 Å². The Balaban J connectivity index is 2.27. The highest BCUT2D eigenvalue weighted by molar-refractivity contribution is 7.04. The molecule has 0 N–H and O–H groups in total. The maximum atomic E-state index is 11.0. The van der Waals surface area contributed by atoms with Crippen molar-refractivity contribution in [2.24, 2.45) is 0 Å². The average Bonchev–Trinajstić information content (AvgIpc) is 2.47. The molecule has 0 amide bonds. The second-order valence-electron chi connectivity index (χ2n) is 2.90. The van der Waals surface area contributed by atoms with Crippen LogP contribution in [0.5, 0.6) is 0 Å². The van der Waals surface area contributed by atoms with Crippen molar-refractivity contribution in [1.29, 1.82) is 0 Å². The smallest absolute Gasteiger partial charge is 0.251 e. The summed E-state index contributed by atoms with van der Waals surface area (Å²) in [6.45, 7) is 0.659. The Morgan fingerprint density at radius 3 is 2.57 bits per heavy atom. The zero-order chi connectivity index (χ0) is 9.97. The third-order valence-electron chi connectivity index (χ3n) is 1.84. The van der Waals surface area contributed by atoms with E-state index in [9.17, 15) is 4.79 Å². The van der Waals surface area contributed by atoms with Crippen molar-refractivity contribution in [2.45, 2.75) is 6.54 Å². The minimum Gasteiger partial charge on any atom is -0.280 e. The molecule has 0 atom stereocenters. The molecule has 0 unspecified atom stereocenters. The second kappa shape index (κ2) is 3.98. The molecule has 0 saturated carbocycles. The number of rotatable bonds is 2. The van der Waals surface area contributed by atoms with Gasteiger partial charge in [-0.2, -0.15) is 0 Å². The van der Waals surface area contributed by atoms with Gasteiger partial charge in [-0.05, 0) is 17.1 Å². The van der Waals surface area contributed by atoms with Gasteiger partial charge in [-0.3, -0.25) is 8.75 Å². The topological polar surface area (TPSA) is 22.0 Å². The minimum absolute atomic E-state index is 0.00840. The van der Waals surface area contributed by atoms with Crippen LogP contribution >= 0.6 is 23.1 Å². The fourth-order valence-corrected chi connectivity index (χ4v) is 2.27. The van der Waals surface area contributed by atoms with Gasteiger partial charge in [-0.25, -0.2) is 0 Å². The lowest BCUT2D eigenvalue weighted by atomic mass is 10.2. The fourth-order valence-electron chi connectivity index (χ4n) is 1.20. The lowest BCUT2D eigenvalue weighted by Gasteiger charge is -2.02. The van der Waals surface area contributed by atoms with Gasteiger partial charge in [0, 0.05) is 6.07 Å². The second-order valence-corrected chi connectivity index (χ2v) is 4.31. The summed E-state index contributed by atoms with van der Waals surface area (Å²) in [5.74, 6) is 0. The molecule has 0 radical (unpaired) electrons. The number of nitrogens with zero attached hydrogens (tertiary/aromatic N) is 1. The summed E-state index contributed by atoms with van der Waals surface area (Å²) in [4.78, 5) is 11.0. The van der Waals surface area contributed by atoms with Gasteiger partial charge in [0.15, 0.2) is 0 Å². The van der Waals surface area contributed by atoms with Crippen LogP contribution < -0.4 is 4.74 Å². The maximum Gasteiger partial charge on any atom is 0.251 e. The summed E-state index contributed by atoms with van der Waals surface area (Å²) in [6, 6.07) is 11.4. The molecule has 0 fully saturated rings. The number of hydrogen-bond donors (Lipinski definition) is 0. The summed E-state index contributed by atoms with van der Waals surface area (Å²) in [6.07, 6.45) is 0. The summed E-state index contributed by atoms with van der Waals surface area (Å²) < 4.78 is 1.77. The van der Waals surface area contributed by atoms with Crippen molar-refractivity contribution < 1.29 is 0 Å². The molecule has 14 heavy (non-hydrogen) atoms. The normalized spacial score (nSPS) is 10.4. The Hall–Kier alpha value is -1.06. The highest BCUT2D eigenvalue weighted by Gasteiger charge is 2.02. The van der Waals surface area contributed by atoms with E-state index in [1.54, 1.807) is 3.96 Å². The van der Waals surface area contributed by atoms with E-state index >= 15 is 0 Å². The van der Waals surface area contributed by atoms with Crippen molar-refractivity contribution in [2.75, 3.05) is 0 Å². The van der Waals surface area contributed by atoms with E-state index in [1.165, 1.54) is 6.07 Å². The number of benzene rings is 1. The molecule has 2 nitrogen and oxygen atoms in total. The molecule has 4 heteroatoms. The van der Waals surface area contributed by atoms with Crippen LogP contribution in [0.1, 0.15) is 5.56 Å². The lowest BCUT2D eigenvalue weighted by molar-refractivity contribution is 0.882. The van der Waals surface area contributed by atoms with Crippen LogP contribution in [0.3, 0.4) is 0 Å². The molecule has 0 aliphatic heterocycles. The van der Waals surface area contributed by atoms with Crippen LogP contribution in [0.2, 0.25) is 5.15 Å². The van der Waals surface area contributed by atoms with E-state index < -0.39 is 0 Å². The van der Waals surface area contributed by atoms with Gasteiger partial charge in [0.1, 0.15) is 5.15 Å². The molecule has 0 aliphatic carbocycles. The maximum absolute atomic E-state index is 11.0. The first-order valence-corrected chi connectivity index (χ1v) is 5.31. The molecule has 1 aromatic heterocycles. The quantitative estimate of drug-likeness (QED) is 0.770. The SMILES string of the molecule is O=c1cc(Cl)n(Cc2ccccc2)s1. The van der Waals surface area contributed by atoms with E-state index in [-0.39, 0.29) is 4.74 Å². The predicted octanol–water partition coefficient (Wildman–Crippen LogP) is 2.61. The Bertz CT molecular complexity index is 474. The van der Waals surface area contributed by atoms with E-state index in [0.29, 0.717) is 11.7 Å². The van der Waals surface area contributed by atoms with Gasteiger partial charge < -0.3 is 0 Å². The van der Waals surface area contributed by atoms with Crippen molar-refractivity contribution >= 4 is 23.1 Å². The van der Waals surface area contributed by atoms with E-state index in [0.717, 1.165) is 17.1 Å². The third kappa shape index (κ3) is 2.05.